The number of alkyl carbamates (subject to hydrolysis) is 1. The van der Waals surface area contributed by atoms with E-state index in [9.17, 15) is 4.79 Å². The van der Waals surface area contributed by atoms with E-state index in [4.69, 9.17) is 18.9 Å². The number of hydrogen-bond acceptors (Lipinski definition) is 5. The Bertz CT molecular complexity index is 449. The average Bonchev–Trinajstić information content (AvgIpc) is 2.45. The molecule has 1 fully saturated rings. The molecule has 0 radical (unpaired) electrons. The van der Waals surface area contributed by atoms with Gasteiger partial charge in [0.05, 0.1) is 39.5 Å². The molecule has 0 aromatic heterocycles. The van der Waals surface area contributed by atoms with Crippen LogP contribution in [0, 0.1) is 0 Å². The second-order valence-corrected chi connectivity index (χ2v) is 4.07. The lowest BCUT2D eigenvalue weighted by Crippen LogP contribution is -2.35. The Kier molecular flexibility index (Phi) is 3.99. The lowest BCUT2D eigenvalue weighted by atomic mass is 10.0. The molecule has 1 N–H and O–H groups in total. The first kappa shape index (κ1) is 13.3. The van der Waals surface area contributed by atoms with Crippen molar-refractivity contribution < 1.29 is 23.7 Å². The average molecular weight is 267 g/mol. The van der Waals surface area contributed by atoms with Gasteiger partial charge in [-0.1, -0.05) is 0 Å². The third kappa shape index (κ3) is 2.67. The molecule has 1 heterocycles. The number of ether oxygens (including phenoxy) is 4. The number of benzene rings is 1. The predicted molar refractivity (Wildman–Crippen MR) is 67.9 cm³/mol. The van der Waals surface area contributed by atoms with E-state index < -0.39 is 6.09 Å². The molecule has 19 heavy (non-hydrogen) atoms. The highest BCUT2D eigenvalue weighted by molar-refractivity contribution is 5.69. The minimum atomic E-state index is -0.434. The highest BCUT2D eigenvalue weighted by atomic mass is 16.6. The number of carbonyl (C=O) groups excluding carboxylic acids is 1. The van der Waals surface area contributed by atoms with E-state index in [1.54, 1.807) is 33.5 Å². The van der Waals surface area contributed by atoms with Crippen LogP contribution in [0.3, 0.4) is 0 Å². The third-order valence-electron chi connectivity index (χ3n) is 3.03. The molecule has 1 aliphatic rings. The molecular weight excluding hydrogens is 250 g/mol. The second-order valence-electron chi connectivity index (χ2n) is 4.07. The quantitative estimate of drug-likeness (QED) is 0.902. The van der Waals surface area contributed by atoms with Crippen molar-refractivity contribution in [3.8, 4) is 17.2 Å². The number of methoxy groups -OCH3 is 3. The van der Waals surface area contributed by atoms with Crippen LogP contribution in [0.1, 0.15) is 18.0 Å². The summed E-state index contributed by atoms with van der Waals surface area (Å²) in [5, 5.41) is 2.76. The van der Waals surface area contributed by atoms with Crippen LogP contribution in [0.4, 0.5) is 4.79 Å². The SMILES string of the molecule is COc1cc(OC)c([C@H]2CCOC(=O)N2)c(OC)c1. The fraction of sp³-hybridized carbons (Fsp3) is 0.462. The summed E-state index contributed by atoms with van der Waals surface area (Å²) < 4.78 is 20.8. The van der Waals surface area contributed by atoms with Crippen molar-refractivity contribution >= 4 is 6.09 Å². The first-order valence-corrected chi connectivity index (χ1v) is 5.92. The molecule has 0 aliphatic carbocycles. The smallest absolute Gasteiger partial charge is 0.407 e. The first-order chi connectivity index (χ1) is 9.19. The summed E-state index contributed by atoms with van der Waals surface area (Å²) in [6.45, 7) is 0.370. The largest absolute Gasteiger partial charge is 0.496 e. The van der Waals surface area contributed by atoms with Gasteiger partial charge in [-0.3, -0.25) is 0 Å². The monoisotopic (exact) mass is 267 g/mol. The Morgan fingerprint density at radius 3 is 2.26 bits per heavy atom. The van der Waals surface area contributed by atoms with Crippen LogP contribution < -0.4 is 19.5 Å². The molecule has 0 spiro atoms. The van der Waals surface area contributed by atoms with Crippen LogP contribution in [0.5, 0.6) is 17.2 Å². The molecule has 0 saturated carbocycles. The predicted octanol–water partition coefficient (Wildman–Crippen LogP) is 1.88. The maximum Gasteiger partial charge on any atom is 0.407 e. The third-order valence-corrected chi connectivity index (χ3v) is 3.03. The molecule has 6 nitrogen and oxygen atoms in total. The molecule has 6 heteroatoms. The van der Waals surface area contributed by atoms with Crippen LogP contribution in [-0.2, 0) is 4.74 Å². The zero-order valence-electron chi connectivity index (χ0n) is 11.2. The number of nitrogens with one attached hydrogen (secondary N) is 1. The molecule has 0 bridgehead atoms. The zero-order chi connectivity index (χ0) is 13.8. The van der Waals surface area contributed by atoms with Crippen molar-refractivity contribution in [3.05, 3.63) is 17.7 Å². The van der Waals surface area contributed by atoms with Gasteiger partial charge in [-0.05, 0) is 0 Å². The van der Waals surface area contributed by atoms with Crippen molar-refractivity contribution in [2.45, 2.75) is 12.5 Å². The Morgan fingerprint density at radius 1 is 1.16 bits per heavy atom. The molecule has 1 aliphatic heterocycles. The van der Waals surface area contributed by atoms with Crippen molar-refractivity contribution in [3.63, 3.8) is 0 Å². The Hall–Kier alpha value is -2.11. The van der Waals surface area contributed by atoms with Gasteiger partial charge in [-0.15, -0.1) is 0 Å². The van der Waals surface area contributed by atoms with E-state index >= 15 is 0 Å². The van der Waals surface area contributed by atoms with Crippen molar-refractivity contribution in [1.29, 1.82) is 0 Å². The van der Waals surface area contributed by atoms with E-state index in [-0.39, 0.29) is 6.04 Å². The van der Waals surface area contributed by atoms with Gasteiger partial charge in [0.1, 0.15) is 17.2 Å². The zero-order valence-corrected chi connectivity index (χ0v) is 11.2. The van der Waals surface area contributed by atoms with Gasteiger partial charge >= 0.3 is 6.09 Å². The fourth-order valence-electron chi connectivity index (χ4n) is 2.12. The Labute approximate surface area is 111 Å². The summed E-state index contributed by atoms with van der Waals surface area (Å²) in [7, 11) is 4.71. The maximum absolute atomic E-state index is 11.3. The first-order valence-electron chi connectivity index (χ1n) is 5.92. The Balaban J connectivity index is 2.44. The van der Waals surface area contributed by atoms with Crippen LogP contribution in [-0.4, -0.2) is 34.0 Å². The second kappa shape index (κ2) is 5.69. The maximum atomic E-state index is 11.3. The van der Waals surface area contributed by atoms with Gasteiger partial charge in [0, 0.05) is 18.6 Å². The van der Waals surface area contributed by atoms with Gasteiger partial charge in [-0.2, -0.15) is 0 Å². The Morgan fingerprint density at radius 2 is 1.79 bits per heavy atom. The lowest BCUT2D eigenvalue weighted by Gasteiger charge is -2.26. The minimum absolute atomic E-state index is 0.197. The summed E-state index contributed by atoms with van der Waals surface area (Å²) in [6, 6.07) is 3.33. The van der Waals surface area contributed by atoms with Crippen molar-refractivity contribution in [2.24, 2.45) is 0 Å². The molecule has 2 rings (SSSR count). The summed E-state index contributed by atoms with van der Waals surface area (Å²) in [4.78, 5) is 11.3. The number of amides is 1. The molecule has 1 aromatic carbocycles. The summed E-state index contributed by atoms with van der Waals surface area (Å²) >= 11 is 0. The van der Waals surface area contributed by atoms with Gasteiger partial charge in [0.25, 0.3) is 0 Å². The fourth-order valence-corrected chi connectivity index (χ4v) is 2.12. The highest BCUT2D eigenvalue weighted by Crippen LogP contribution is 2.40. The molecule has 1 atom stereocenters. The van der Waals surface area contributed by atoms with Gasteiger partial charge in [0.2, 0.25) is 0 Å². The highest BCUT2D eigenvalue weighted by Gasteiger charge is 2.27. The van der Waals surface area contributed by atoms with Gasteiger partial charge in [-0.25, -0.2) is 4.79 Å². The number of cyclic esters (lactones) is 1. The summed E-state index contributed by atoms with van der Waals surface area (Å²) in [6.07, 6.45) is 0.223. The topological polar surface area (TPSA) is 66.0 Å². The van der Waals surface area contributed by atoms with Gasteiger partial charge in [0.15, 0.2) is 0 Å². The van der Waals surface area contributed by atoms with Crippen LogP contribution >= 0.6 is 0 Å². The van der Waals surface area contributed by atoms with Crippen molar-refractivity contribution in [2.75, 3.05) is 27.9 Å². The van der Waals surface area contributed by atoms with E-state index in [0.29, 0.717) is 30.3 Å². The number of hydrogen-bond donors (Lipinski definition) is 1. The van der Waals surface area contributed by atoms with Crippen molar-refractivity contribution in [1.82, 2.24) is 5.32 Å². The standard InChI is InChI=1S/C13H17NO5/c1-16-8-6-10(17-2)12(11(7-8)18-3)9-4-5-19-13(15)14-9/h6-7,9H,4-5H2,1-3H3,(H,14,15)/t9-/m1/s1. The molecule has 1 saturated heterocycles. The molecule has 104 valence electrons. The molecule has 0 unspecified atom stereocenters. The minimum Gasteiger partial charge on any atom is -0.496 e. The van der Waals surface area contributed by atoms with Crippen LogP contribution in [0.2, 0.25) is 0 Å². The van der Waals surface area contributed by atoms with Gasteiger partial charge < -0.3 is 24.3 Å². The number of carbonyl (C=O) groups is 1. The van der Waals surface area contributed by atoms with Crippen LogP contribution in [0.15, 0.2) is 12.1 Å². The van der Waals surface area contributed by atoms with E-state index in [2.05, 4.69) is 5.32 Å². The summed E-state index contributed by atoms with van der Waals surface area (Å²) in [5.74, 6) is 1.86. The number of rotatable bonds is 4. The molecule has 1 amide bonds. The summed E-state index contributed by atoms with van der Waals surface area (Å²) in [5.41, 5.74) is 0.794. The van der Waals surface area contributed by atoms with E-state index in [0.717, 1.165) is 5.56 Å². The van der Waals surface area contributed by atoms with Crippen LogP contribution in [0.25, 0.3) is 0 Å². The molecule has 1 aromatic rings. The lowest BCUT2D eigenvalue weighted by molar-refractivity contribution is 0.114. The normalized spacial score (nSPS) is 18.3. The molecular formula is C13H17NO5. The van der Waals surface area contributed by atoms with E-state index in [1.165, 1.54) is 0 Å². The van der Waals surface area contributed by atoms with E-state index in [1.807, 2.05) is 0 Å².